The molecule has 4 rings (SSSR count). The summed E-state index contributed by atoms with van der Waals surface area (Å²) in [7, 11) is 0. The smallest absolute Gasteiger partial charge is 0.255 e. The van der Waals surface area contributed by atoms with Crippen molar-refractivity contribution in [2.24, 2.45) is 0 Å². The molecular weight excluding hydrogens is 383 g/mol. The van der Waals surface area contributed by atoms with Crippen LogP contribution in [0.2, 0.25) is 0 Å². The molecule has 3 heterocycles. The van der Waals surface area contributed by atoms with E-state index in [0.29, 0.717) is 18.1 Å². The number of halogens is 1. The van der Waals surface area contributed by atoms with Gasteiger partial charge in [-0.25, -0.2) is 19.0 Å². The van der Waals surface area contributed by atoms with Crippen LogP contribution in [0.25, 0.3) is 5.69 Å². The van der Waals surface area contributed by atoms with E-state index in [9.17, 15) is 9.18 Å². The molecule has 1 amide bonds. The van der Waals surface area contributed by atoms with Crippen LogP contribution < -0.4 is 10.2 Å². The molecule has 1 aliphatic rings. The number of hydrogen-bond acceptors (Lipinski definition) is 5. The molecule has 0 bridgehead atoms. The Balaban J connectivity index is 1.52. The summed E-state index contributed by atoms with van der Waals surface area (Å²) in [5.41, 5.74) is 2.07. The fourth-order valence-electron chi connectivity index (χ4n) is 3.87. The Kier molecular flexibility index (Phi) is 5.74. The largest absolute Gasteiger partial charge is 0.347 e. The molecule has 0 saturated carbocycles. The summed E-state index contributed by atoms with van der Waals surface area (Å²) < 4.78 is 15.0. The minimum Gasteiger partial charge on any atom is -0.347 e. The van der Waals surface area contributed by atoms with Gasteiger partial charge in [0.1, 0.15) is 5.82 Å². The maximum Gasteiger partial charge on any atom is 0.255 e. The highest BCUT2D eigenvalue weighted by molar-refractivity contribution is 5.95. The molecule has 0 aliphatic carbocycles. The van der Waals surface area contributed by atoms with E-state index < -0.39 is 0 Å². The second-order valence-electron chi connectivity index (χ2n) is 7.79. The van der Waals surface area contributed by atoms with Crippen LogP contribution >= 0.6 is 0 Å². The number of amides is 1. The van der Waals surface area contributed by atoms with E-state index in [1.165, 1.54) is 12.1 Å². The van der Waals surface area contributed by atoms with Crippen LogP contribution in [-0.2, 0) is 0 Å². The van der Waals surface area contributed by atoms with Gasteiger partial charge in [-0.2, -0.15) is 5.10 Å². The van der Waals surface area contributed by atoms with Crippen molar-refractivity contribution in [2.75, 3.05) is 18.0 Å². The number of piperidine rings is 1. The van der Waals surface area contributed by atoms with Gasteiger partial charge in [0.15, 0.2) is 0 Å². The number of anilines is 1. The molecule has 7 nitrogen and oxygen atoms in total. The molecule has 0 radical (unpaired) electrons. The molecule has 1 atom stereocenters. The van der Waals surface area contributed by atoms with Crippen molar-refractivity contribution in [3.8, 4) is 5.69 Å². The molecule has 1 fully saturated rings. The third-order valence-electron chi connectivity index (χ3n) is 5.26. The molecule has 1 aromatic carbocycles. The summed E-state index contributed by atoms with van der Waals surface area (Å²) in [6.07, 6.45) is 6.90. The standard InChI is InChI=1S/C22H25FN6O/c1-15(2)20-19(13-26-29(20)18-8-6-16(23)7-9-18)21(30)27-17-5-3-12-28(14-17)22-24-10-4-11-25-22/h4,6-11,13,15,17H,3,5,12,14H2,1-2H3,(H,27,30). The third kappa shape index (κ3) is 4.17. The summed E-state index contributed by atoms with van der Waals surface area (Å²) in [5.74, 6) is 0.300. The number of benzene rings is 1. The maximum atomic E-state index is 13.3. The molecule has 1 N–H and O–H groups in total. The second-order valence-corrected chi connectivity index (χ2v) is 7.79. The summed E-state index contributed by atoms with van der Waals surface area (Å²) >= 11 is 0. The number of carbonyl (C=O) groups is 1. The molecule has 8 heteroatoms. The lowest BCUT2D eigenvalue weighted by atomic mass is 10.0. The predicted molar refractivity (Wildman–Crippen MR) is 112 cm³/mol. The predicted octanol–water partition coefficient (Wildman–Crippen LogP) is 3.32. The highest BCUT2D eigenvalue weighted by Crippen LogP contribution is 2.24. The maximum absolute atomic E-state index is 13.3. The number of nitrogens with one attached hydrogen (secondary N) is 1. The van der Waals surface area contributed by atoms with Gasteiger partial charge in [0.25, 0.3) is 5.91 Å². The first-order chi connectivity index (χ1) is 14.5. The Morgan fingerprint density at radius 1 is 1.20 bits per heavy atom. The third-order valence-corrected chi connectivity index (χ3v) is 5.26. The zero-order valence-corrected chi connectivity index (χ0v) is 17.1. The van der Waals surface area contributed by atoms with Gasteiger partial charge in [-0.05, 0) is 49.1 Å². The summed E-state index contributed by atoms with van der Waals surface area (Å²) in [6.45, 7) is 5.57. The van der Waals surface area contributed by atoms with Gasteiger partial charge in [-0.3, -0.25) is 4.79 Å². The van der Waals surface area contributed by atoms with Gasteiger partial charge in [0.05, 0.1) is 23.1 Å². The average molecular weight is 408 g/mol. The van der Waals surface area contributed by atoms with Gasteiger partial charge < -0.3 is 10.2 Å². The first-order valence-electron chi connectivity index (χ1n) is 10.2. The fourth-order valence-corrected chi connectivity index (χ4v) is 3.87. The number of rotatable bonds is 5. The lowest BCUT2D eigenvalue weighted by Crippen LogP contribution is -2.48. The lowest BCUT2D eigenvalue weighted by Gasteiger charge is -2.33. The van der Waals surface area contributed by atoms with Crippen LogP contribution in [0.1, 0.15) is 48.7 Å². The molecule has 1 saturated heterocycles. The van der Waals surface area contributed by atoms with Gasteiger partial charge in [-0.15, -0.1) is 0 Å². The van der Waals surface area contributed by atoms with Crippen molar-refractivity contribution in [1.29, 1.82) is 0 Å². The Hall–Kier alpha value is -3.29. The quantitative estimate of drug-likeness (QED) is 0.701. The van der Waals surface area contributed by atoms with E-state index in [1.807, 2.05) is 13.8 Å². The summed E-state index contributed by atoms with van der Waals surface area (Å²) in [4.78, 5) is 23.8. The van der Waals surface area contributed by atoms with E-state index in [0.717, 1.165) is 30.8 Å². The Bertz CT molecular complexity index is 1000. The molecule has 0 spiro atoms. The van der Waals surface area contributed by atoms with Crippen molar-refractivity contribution in [2.45, 2.75) is 38.6 Å². The number of nitrogens with zero attached hydrogens (tertiary/aromatic N) is 5. The normalized spacial score (nSPS) is 16.7. The number of aromatic nitrogens is 4. The lowest BCUT2D eigenvalue weighted by molar-refractivity contribution is 0.0931. The van der Waals surface area contributed by atoms with Gasteiger partial charge in [0, 0.05) is 31.5 Å². The molecule has 156 valence electrons. The SMILES string of the molecule is CC(C)c1c(C(=O)NC2CCCN(c3ncccn3)C2)cnn1-c1ccc(F)cc1. The van der Waals surface area contributed by atoms with Crippen LogP contribution in [0.4, 0.5) is 10.3 Å². The van der Waals surface area contributed by atoms with Crippen molar-refractivity contribution in [1.82, 2.24) is 25.1 Å². The van der Waals surface area contributed by atoms with Crippen LogP contribution in [0.3, 0.4) is 0 Å². The van der Waals surface area contributed by atoms with Gasteiger partial charge >= 0.3 is 0 Å². The highest BCUT2D eigenvalue weighted by atomic mass is 19.1. The first-order valence-corrected chi connectivity index (χ1v) is 10.2. The van der Waals surface area contributed by atoms with E-state index in [4.69, 9.17) is 0 Å². The van der Waals surface area contributed by atoms with Crippen LogP contribution in [0.5, 0.6) is 0 Å². The summed E-state index contributed by atoms with van der Waals surface area (Å²) in [6, 6.07) is 7.90. The van der Waals surface area contributed by atoms with Crippen molar-refractivity contribution < 1.29 is 9.18 Å². The van der Waals surface area contributed by atoms with Crippen LogP contribution in [0, 0.1) is 5.82 Å². The molecule has 1 unspecified atom stereocenters. The summed E-state index contributed by atoms with van der Waals surface area (Å²) in [5, 5.41) is 7.57. The minimum atomic E-state index is -0.306. The van der Waals surface area contributed by atoms with E-state index in [-0.39, 0.29) is 23.7 Å². The Morgan fingerprint density at radius 2 is 1.93 bits per heavy atom. The zero-order chi connectivity index (χ0) is 21.1. The topological polar surface area (TPSA) is 75.9 Å². The number of carbonyl (C=O) groups excluding carboxylic acids is 1. The molecule has 1 aliphatic heterocycles. The molecular formula is C22H25FN6O. The first kappa shape index (κ1) is 20.0. The molecule has 3 aromatic rings. The van der Waals surface area contributed by atoms with E-state index in [2.05, 4.69) is 25.3 Å². The van der Waals surface area contributed by atoms with Crippen molar-refractivity contribution in [3.63, 3.8) is 0 Å². The van der Waals surface area contributed by atoms with E-state index >= 15 is 0 Å². The average Bonchev–Trinajstić information content (AvgIpc) is 3.21. The Labute approximate surface area is 175 Å². The van der Waals surface area contributed by atoms with Crippen LogP contribution in [0.15, 0.2) is 48.9 Å². The van der Waals surface area contributed by atoms with Crippen LogP contribution in [-0.4, -0.2) is 44.8 Å². The molecule has 2 aromatic heterocycles. The van der Waals surface area contributed by atoms with Gasteiger partial charge in [-0.1, -0.05) is 13.8 Å². The monoisotopic (exact) mass is 408 g/mol. The van der Waals surface area contributed by atoms with Gasteiger partial charge in [0.2, 0.25) is 5.95 Å². The highest BCUT2D eigenvalue weighted by Gasteiger charge is 2.26. The zero-order valence-electron chi connectivity index (χ0n) is 17.1. The van der Waals surface area contributed by atoms with E-state index in [1.54, 1.807) is 41.5 Å². The van der Waals surface area contributed by atoms with Crippen molar-refractivity contribution in [3.05, 3.63) is 66.0 Å². The molecule has 30 heavy (non-hydrogen) atoms. The second kappa shape index (κ2) is 8.61. The van der Waals surface area contributed by atoms with Crippen molar-refractivity contribution >= 4 is 11.9 Å². The number of hydrogen-bond donors (Lipinski definition) is 1. The fraction of sp³-hybridized carbons (Fsp3) is 0.364. The Morgan fingerprint density at radius 3 is 2.63 bits per heavy atom. The minimum absolute atomic E-state index is 0.00393.